The number of hydrogen-bond acceptors (Lipinski definition) is 5. The first-order chi connectivity index (χ1) is 11.0. The number of alkyl carbamates (subject to hydrolysis) is 1. The Morgan fingerprint density at radius 2 is 1.96 bits per heavy atom. The van der Waals surface area contributed by atoms with Gasteiger partial charge in [-0.25, -0.2) is 9.78 Å². The number of amides is 1. The van der Waals surface area contributed by atoms with Crippen molar-refractivity contribution in [3.63, 3.8) is 0 Å². The van der Waals surface area contributed by atoms with Crippen LogP contribution in [-0.2, 0) is 10.9 Å². The van der Waals surface area contributed by atoms with Crippen LogP contribution in [0.25, 0.3) is 0 Å². The zero-order valence-corrected chi connectivity index (χ0v) is 14.7. The summed E-state index contributed by atoms with van der Waals surface area (Å²) in [7, 11) is 0. The molecule has 0 spiro atoms. The number of rotatable bonds is 3. The molecule has 1 aliphatic carbocycles. The van der Waals surface area contributed by atoms with Crippen molar-refractivity contribution >= 4 is 22.6 Å². The maximum absolute atomic E-state index is 12.6. The molecule has 1 aromatic heterocycles. The number of anilines is 1. The monoisotopic (exact) mass is 365 g/mol. The van der Waals surface area contributed by atoms with Crippen LogP contribution >= 0.6 is 11.3 Å². The van der Waals surface area contributed by atoms with Crippen LogP contribution in [0.15, 0.2) is 6.20 Å². The number of nitrogens with one attached hydrogen (secondary N) is 2. The molecule has 1 fully saturated rings. The third-order valence-corrected chi connectivity index (χ3v) is 4.48. The minimum absolute atomic E-state index is 0.0223. The van der Waals surface area contributed by atoms with Gasteiger partial charge >= 0.3 is 12.3 Å². The van der Waals surface area contributed by atoms with Gasteiger partial charge in [0.1, 0.15) is 10.5 Å². The molecule has 0 aromatic carbocycles. The fourth-order valence-electron chi connectivity index (χ4n) is 2.57. The predicted octanol–water partition coefficient (Wildman–Crippen LogP) is 4.41. The molecule has 9 heteroatoms. The average molecular weight is 365 g/mol. The number of ether oxygens (including phenoxy) is 1. The first kappa shape index (κ1) is 18.8. The lowest BCUT2D eigenvalue weighted by molar-refractivity contribution is -0.134. The van der Waals surface area contributed by atoms with Gasteiger partial charge in [-0.3, -0.25) is 0 Å². The summed E-state index contributed by atoms with van der Waals surface area (Å²) >= 11 is 0.597. The summed E-state index contributed by atoms with van der Waals surface area (Å²) < 4.78 is 43.0. The van der Waals surface area contributed by atoms with Crippen molar-refractivity contribution in [3.05, 3.63) is 11.1 Å². The predicted molar refractivity (Wildman–Crippen MR) is 86.2 cm³/mol. The zero-order valence-electron chi connectivity index (χ0n) is 13.9. The molecule has 5 nitrogen and oxygen atoms in total. The molecule has 0 unspecified atom stereocenters. The van der Waals surface area contributed by atoms with Gasteiger partial charge in [-0.15, -0.1) is 0 Å². The molecule has 0 radical (unpaired) electrons. The van der Waals surface area contributed by atoms with Gasteiger partial charge in [-0.2, -0.15) is 13.2 Å². The highest BCUT2D eigenvalue weighted by Crippen LogP contribution is 2.35. The largest absolute Gasteiger partial charge is 0.444 e. The van der Waals surface area contributed by atoms with E-state index in [2.05, 4.69) is 15.6 Å². The number of halogens is 3. The molecule has 0 aliphatic heterocycles. The molecule has 136 valence electrons. The summed E-state index contributed by atoms with van der Waals surface area (Å²) in [6, 6.07) is -0.0842. The second kappa shape index (κ2) is 7.16. The first-order valence-electron chi connectivity index (χ1n) is 7.82. The second-order valence-electron chi connectivity index (χ2n) is 6.88. The summed E-state index contributed by atoms with van der Waals surface area (Å²) in [6.45, 7) is 5.37. The smallest absolute Gasteiger partial charge is 0.427 e. The van der Waals surface area contributed by atoms with Crippen LogP contribution in [0.1, 0.15) is 51.3 Å². The van der Waals surface area contributed by atoms with Gasteiger partial charge in [-0.05, 0) is 46.5 Å². The van der Waals surface area contributed by atoms with E-state index in [-0.39, 0.29) is 17.2 Å². The molecule has 1 heterocycles. The maximum atomic E-state index is 12.6. The third-order valence-electron chi connectivity index (χ3n) is 3.51. The van der Waals surface area contributed by atoms with Crippen LogP contribution in [0.3, 0.4) is 0 Å². The number of hydrogen-bond donors (Lipinski definition) is 2. The van der Waals surface area contributed by atoms with Crippen molar-refractivity contribution in [1.82, 2.24) is 10.3 Å². The second-order valence-corrected chi connectivity index (χ2v) is 7.91. The Labute approximate surface area is 143 Å². The Morgan fingerprint density at radius 1 is 1.29 bits per heavy atom. The van der Waals surface area contributed by atoms with Gasteiger partial charge in [0.25, 0.3) is 0 Å². The van der Waals surface area contributed by atoms with E-state index >= 15 is 0 Å². The molecule has 1 saturated carbocycles. The van der Waals surface area contributed by atoms with Gasteiger partial charge < -0.3 is 15.4 Å². The van der Waals surface area contributed by atoms with E-state index in [1.54, 1.807) is 20.8 Å². The van der Waals surface area contributed by atoms with Crippen LogP contribution in [0.2, 0.25) is 0 Å². The molecular weight excluding hydrogens is 343 g/mol. The van der Waals surface area contributed by atoms with E-state index in [9.17, 15) is 18.0 Å². The molecular formula is C15H22F3N3O2S. The van der Waals surface area contributed by atoms with Crippen LogP contribution < -0.4 is 10.6 Å². The highest BCUT2D eigenvalue weighted by molar-refractivity contribution is 7.15. The normalized spacial score (nSPS) is 22.1. The van der Waals surface area contributed by atoms with Crippen molar-refractivity contribution in [2.45, 2.75) is 70.3 Å². The molecule has 0 bridgehead atoms. The summed E-state index contributed by atoms with van der Waals surface area (Å²) in [4.78, 5) is 14.9. The lowest BCUT2D eigenvalue weighted by atomic mass is 9.91. The summed E-state index contributed by atoms with van der Waals surface area (Å²) in [5.41, 5.74) is -0.564. The zero-order chi connectivity index (χ0) is 18.0. The number of aromatic nitrogens is 1. The van der Waals surface area contributed by atoms with Gasteiger partial charge in [0.15, 0.2) is 5.13 Å². The third kappa shape index (κ3) is 5.85. The fourth-order valence-corrected chi connectivity index (χ4v) is 3.33. The minimum Gasteiger partial charge on any atom is -0.444 e. The lowest BCUT2D eigenvalue weighted by Gasteiger charge is -2.31. The quantitative estimate of drug-likeness (QED) is 0.833. The van der Waals surface area contributed by atoms with Crippen molar-refractivity contribution in [2.75, 3.05) is 5.32 Å². The molecule has 0 saturated heterocycles. The Morgan fingerprint density at radius 3 is 2.54 bits per heavy atom. The minimum atomic E-state index is -4.37. The van der Waals surface area contributed by atoms with Crippen LogP contribution in [-0.4, -0.2) is 28.8 Å². The van der Waals surface area contributed by atoms with E-state index in [0.717, 1.165) is 25.5 Å². The Balaban J connectivity index is 1.87. The molecule has 1 aliphatic rings. The van der Waals surface area contributed by atoms with Crippen molar-refractivity contribution in [1.29, 1.82) is 0 Å². The van der Waals surface area contributed by atoms with E-state index in [0.29, 0.717) is 17.8 Å². The number of alkyl halides is 3. The maximum Gasteiger partial charge on any atom is 0.427 e. The van der Waals surface area contributed by atoms with Gasteiger partial charge in [0.05, 0.1) is 6.20 Å². The first-order valence-corrected chi connectivity index (χ1v) is 8.63. The van der Waals surface area contributed by atoms with Gasteiger partial charge in [-0.1, -0.05) is 11.3 Å². The Kier molecular flexibility index (Phi) is 5.62. The Hall–Kier alpha value is -1.51. The number of carbonyl (C=O) groups is 1. The van der Waals surface area contributed by atoms with Crippen LogP contribution in [0.4, 0.5) is 23.1 Å². The van der Waals surface area contributed by atoms with Crippen LogP contribution in [0.5, 0.6) is 0 Å². The van der Waals surface area contributed by atoms with Gasteiger partial charge in [0, 0.05) is 12.1 Å². The lowest BCUT2D eigenvalue weighted by Crippen LogP contribution is -2.43. The highest BCUT2D eigenvalue weighted by Gasteiger charge is 2.34. The summed E-state index contributed by atoms with van der Waals surface area (Å²) in [5.74, 6) is 0. The SMILES string of the molecule is CC(C)(C)OC(=O)N[C@H]1CCC[C@@H](Nc2ncc(C(F)(F)F)s2)C1. The van der Waals surface area contributed by atoms with Crippen LogP contribution in [0, 0.1) is 0 Å². The van der Waals surface area contributed by atoms with E-state index < -0.39 is 22.7 Å². The molecule has 1 amide bonds. The van der Waals surface area contributed by atoms with E-state index in [4.69, 9.17) is 4.74 Å². The van der Waals surface area contributed by atoms with Crippen molar-refractivity contribution < 1.29 is 22.7 Å². The Bertz CT molecular complexity index is 569. The molecule has 2 atom stereocenters. The fraction of sp³-hybridized carbons (Fsp3) is 0.733. The number of thiazole rings is 1. The topological polar surface area (TPSA) is 63.2 Å². The van der Waals surface area contributed by atoms with Crippen molar-refractivity contribution in [2.24, 2.45) is 0 Å². The molecule has 2 rings (SSSR count). The summed E-state index contributed by atoms with van der Waals surface area (Å²) in [6.07, 6.45) is -0.856. The van der Waals surface area contributed by atoms with E-state index in [1.807, 2.05) is 0 Å². The average Bonchev–Trinajstić information content (AvgIpc) is 2.85. The van der Waals surface area contributed by atoms with Crippen molar-refractivity contribution in [3.8, 4) is 0 Å². The van der Waals surface area contributed by atoms with E-state index in [1.165, 1.54) is 0 Å². The number of nitrogens with zero attached hydrogens (tertiary/aromatic N) is 1. The molecule has 2 N–H and O–H groups in total. The molecule has 24 heavy (non-hydrogen) atoms. The molecule has 1 aromatic rings. The highest BCUT2D eigenvalue weighted by atomic mass is 32.1. The number of carbonyl (C=O) groups excluding carboxylic acids is 1. The summed E-state index contributed by atoms with van der Waals surface area (Å²) in [5, 5.41) is 6.12. The van der Waals surface area contributed by atoms with Gasteiger partial charge in [0.2, 0.25) is 0 Å². The standard InChI is InChI=1S/C15H22F3N3O2S/c1-14(2,3)23-13(22)21-10-6-4-5-9(7-10)20-12-19-8-11(24-12)15(16,17)18/h8-10H,4-7H2,1-3H3,(H,19,20)(H,21,22)/t9-,10+/m1/s1.